The molecule has 0 saturated carbocycles. The van der Waals surface area contributed by atoms with Gasteiger partial charge in [0.25, 0.3) is 0 Å². The van der Waals surface area contributed by atoms with Crippen molar-refractivity contribution in [2.24, 2.45) is 0 Å². The molecule has 320 valence electrons. The first kappa shape index (κ1) is 45.1. The van der Waals surface area contributed by atoms with E-state index in [1.165, 1.54) is 35.0 Å². The van der Waals surface area contributed by atoms with Crippen molar-refractivity contribution in [3.63, 3.8) is 0 Å². The molecule has 16 heteroatoms. The third kappa shape index (κ3) is 12.7. The molecule has 0 radical (unpaired) electrons. The lowest BCUT2D eigenvalue weighted by Crippen LogP contribution is -2.27. The monoisotopic (exact) mass is 840 g/mol. The second-order valence-electron chi connectivity index (χ2n) is 15.9. The molecule has 2 heterocycles. The lowest BCUT2D eigenvalue weighted by molar-refractivity contribution is -0.138. The summed E-state index contributed by atoms with van der Waals surface area (Å²) in [7, 11) is 0. The molecule has 0 atom stereocenters. The van der Waals surface area contributed by atoms with E-state index in [0.29, 0.717) is 40.0 Å². The lowest BCUT2D eigenvalue weighted by Gasteiger charge is -2.20. The van der Waals surface area contributed by atoms with E-state index >= 15 is 0 Å². The van der Waals surface area contributed by atoms with Crippen LogP contribution in [0.15, 0.2) is 97.3 Å². The number of nitrogen functional groups attached to an aromatic ring is 1. The Balaban J connectivity index is 0.000000253. The highest BCUT2D eigenvalue weighted by atomic mass is 19.4. The molecule has 4 aromatic carbocycles. The van der Waals surface area contributed by atoms with Gasteiger partial charge in [-0.15, -0.1) is 0 Å². The number of aromatic amines is 1. The van der Waals surface area contributed by atoms with Crippen molar-refractivity contribution in [3.05, 3.63) is 131 Å². The second-order valence-corrected chi connectivity index (χ2v) is 15.9. The van der Waals surface area contributed by atoms with Crippen LogP contribution in [0.25, 0.3) is 21.8 Å². The third-order valence-corrected chi connectivity index (χ3v) is 8.51. The van der Waals surface area contributed by atoms with Crippen LogP contribution >= 0.6 is 0 Å². The number of fused-ring (bicyclic) bond motifs is 2. The highest BCUT2D eigenvalue weighted by Crippen LogP contribution is 2.32. The van der Waals surface area contributed by atoms with E-state index in [4.69, 9.17) is 24.7 Å². The highest BCUT2D eigenvalue weighted by molar-refractivity contribution is 6.03. The molecule has 0 fully saturated rings. The molecule has 0 bridgehead atoms. The van der Waals surface area contributed by atoms with E-state index in [2.05, 4.69) is 10.3 Å². The third-order valence-electron chi connectivity index (χ3n) is 8.51. The Bertz CT molecular complexity index is 2410. The predicted octanol–water partition coefficient (Wildman–Crippen LogP) is 12.0. The second kappa shape index (κ2) is 18.1. The SMILES string of the molecule is CC(C)(C)OC(=O)Nc1cn(C(=O)OC(C)(C)C)c2ccc(COCc3ccc(C(F)(F)F)cc3)cc12.Nc1c[nH]c2ccc(COCc3ccc(C(F)(F)F)cc3)cc12. The van der Waals surface area contributed by atoms with Crippen molar-refractivity contribution in [3.8, 4) is 0 Å². The molecule has 6 aromatic rings. The van der Waals surface area contributed by atoms with Gasteiger partial charge >= 0.3 is 24.5 Å². The van der Waals surface area contributed by atoms with Gasteiger partial charge in [-0.1, -0.05) is 36.4 Å². The minimum Gasteiger partial charge on any atom is -0.444 e. The van der Waals surface area contributed by atoms with Crippen molar-refractivity contribution in [2.75, 3.05) is 11.1 Å². The number of ether oxygens (including phenoxy) is 4. The maximum Gasteiger partial charge on any atom is 0.419 e. The number of anilines is 2. The molecular weight excluding hydrogens is 794 g/mol. The minimum atomic E-state index is -4.39. The fraction of sp³-hybridized carbons (Fsp3) is 0.318. The van der Waals surface area contributed by atoms with Gasteiger partial charge in [-0.2, -0.15) is 26.3 Å². The molecule has 0 saturated heterocycles. The Morgan fingerprint density at radius 2 is 1.08 bits per heavy atom. The summed E-state index contributed by atoms with van der Waals surface area (Å²) < 4.78 is 99.1. The van der Waals surface area contributed by atoms with Crippen molar-refractivity contribution < 1.29 is 54.9 Å². The van der Waals surface area contributed by atoms with Gasteiger partial charge < -0.3 is 29.7 Å². The zero-order valence-electron chi connectivity index (χ0n) is 33.8. The summed E-state index contributed by atoms with van der Waals surface area (Å²) in [5.74, 6) is 0. The van der Waals surface area contributed by atoms with Gasteiger partial charge in [-0.25, -0.2) is 9.59 Å². The van der Waals surface area contributed by atoms with Crippen molar-refractivity contribution in [1.82, 2.24) is 9.55 Å². The van der Waals surface area contributed by atoms with Crippen LogP contribution in [0.5, 0.6) is 0 Å². The number of H-pyrrole nitrogens is 1. The Morgan fingerprint density at radius 1 is 0.633 bits per heavy atom. The number of benzene rings is 4. The topological polar surface area (TPSA) is 130 Å². The van der Waals surface area contributed by atoms with E-state index in [0.717, 1.165) is 46.3 Å². The number of hydrogen-bond acceptors (Lipinski definition) is 7. The summed E-state index contributed by atoms with van der Waals surface area (Å²) in [6.07, 6.45) is -6.80. The van der Waals surface area contributed by atoms with Crippen LogP contribution in [-0.2, 0) is 57.7 Å². The van der Waals surface area contributed by atoms with Gasteiger partial charge in [0.05, 0.1) is 54.4 Å². The lowest BCUT2D eigenvalue weighted by atomic mass is 10.1. The van der Waals surface area contributed by atoms with Gasteiger partial charge in [0, 0.05) is 28.7 Å². The average molecular weight is 841 g/mol. The molecular formula is C44H46F6N4O6. The Morgan fingerprint density at radius 3 is 1.57 bits per heavy atom. The number of carbonyl (C=O) groups is 2. The molecule has 0 aliphatic heterocycles. The molecule has 6 rings (SSSR count). The zero-order chi connectivity index (χ0) is 44.0. The number of hydrogen-bond donors (Lipinski definition) is 3. The summed E-state index contributed by atoms with van der Waals surface area (Å²) in [6.45, 7) is 11.3. The molecule has 1 amide bonds. The summed E-state index contributed by atoms with van der Waals surface area (Å²) in [5, 5.41) is 4.18. The predicted molar refractivity (Wildman–Crippen MR) is 216 cm³/mol. The number of nitrogens with one attached hydrogen (secondary N) is 2. The first-order valence-electron chi connectivity index (χ1n) is 18.7. The smallest absolute Gasteiger partial charge is 0.419 e. The van der Waals surface area contributed by atoms with Crippen LogP contribution in [0.3, 0.4) is 0 Å². The fourth-order valence-electron chi connectivity index (χ4n) is 5.77. The maximum atomic E-state index is 12.8. The molecule has 0 spiro atoms. The van der Waals surface area contributed by atoms with Crippen LogP contribution in [0, 0.1) is 0 Å². The van der Waals surface area contributed by atoms with Crippen molar-refractivity contribution in [2.45, 2.75) is 91.5 Å². The first-order chi connectivity index (χ1) is 27.9. The van der Waals surface area contributed by atoms with E-state index in [1.807, 2.05) is 18.2 Å². The Labute approximate surface area is 342 Å². The van der Waals surface area contributed by atoms with Gasteiger partial charge in [0.1, 0.15) is 11.2 Å². The molecule has 0 aliphatic rings. The first-order valence-corrected chi connectivity index (χ1v) is 18.7. The normalized spacial score (nSPS) is 12.3. The zero-order valence-corrected chi connectivity index (χ0v) is 33.8. The van der Waals surface area contributed by atoms with Gasteiger partial charge in [0.15, 0.2) is 0 Å². The van der Waals surface area contributed by atoms with Crippen LogP contribution in [0.1, 0.15) is 74.9 Å². The molecule has 0 unspecified atom stereocenters. The number of alkyl halides is 6. The standard InChI is InChI=1S/C27H31F3N2O5.C17H15F3N2O/c1-25(2,3)36-23(33)31-21-14-32(24(34)37-26(4,5)6)22-12-9-18(13-20(21)22)16-35-15-17-7-10-19(11-8-17)27(28,29)30;18-17(19,20)13-4-1-11(2-5-13)9-23-10-12-3-6-16-14(7-12)15(21)8-22-16/h7-14H,15-16H2,1-6H3,(H,31,33);1-8,22H,9-10,21H2. The van der Waals surface area contributed by atoms with Crippen LogP contribution in [0.2, 0.25) is 0 Å². The van der Waals surface area contributed by atoms with Crippen molar-refractivity contribution >= 4 is 45.4 Å². The van der Waals surface area contributed by atoms with Crippen LogP contribution in [-0.4, -0.2) is 32.9 Å². The van der Waals surface area contributed by atoms with Gasteiger partial charge in [-0.05, 0) is 112 Å². The van der Waals surface area contributed by atoms with Crippen LogP contribution < -0.4 is 11.1 Å². The van der Waals surface area contributed by atoms with Gasteiger partial charge in [-0.3, -0.25) is 9.88 Å². The summed E-state index contributed by atoms with van der Waals surface area (Å²) in [6, 6.07) is 20.7. The van der Waals surface area contributed by atoms with Gasteiger partial charge in [0.2, 0.25) is 0 Å². The quantitative estimate of drug-likeness (QED) is 0.124. The maximum absolute atomic E-state index is 12.8. The number of amides is 1. The molecule has 4 N–H and O–H groups in total. The molecule has 2 aromatic heterocycles. The summed E-state index contributed by atoms with van der Waals surface area (Å²) >= 11 is 0. The average Bonchev–Trinajstić information content (AvgIpc) is 3.69. The number of aromatic nitrogens is 2. The number of carbonyl (C=O) groups excluding carboxylic acids is 2. The Kier molecular flexibility index (Phi) is 13.6. The largest absolute Gasteiger partial charge is 0.444 e. The number of rotatable bonds is 9. The fourth-order valence-corrected chi connectivity index (χ4v) is 5.77. The van der Waals surface area contributed by atoms with Crippen molar-refractivity contribution in [1.29, 1.82) is 0 Å². The number of halogens is 6. The van der Waals surface area contributed by atoms with E-state index in [1.54, 1.807) is 65.9 Å². The minimum absolute atomic E-state index is 0.109. The molecule has 60 heavy (non-hydrogen) atoms. The number of nitrogens with zero attached hydrogens (tertiary/aromatic N) is 1. The Hall–Kier alpha value is -6.00. The molecule has 10 nitrogen and oxygen atoms in total. The van der Waals surface area contributed by atoms with E-state index < -0.39 is 46.9 Å². The highest BCUT2D eigenvalue weighted by Gasteiger charge is 2.31. The van der Waals surface area contributed by atoms with E-state index in [-0.39, 0.29) is 19.8 Å². The summed E-state index contributed by atoms with van der Waals surface area (Å²) in [4.78, 5) is 28.3. The van der Waals surface area contributed by atoms with E-state index in [9.17, 15) is 35.9 Å². The number of nitrogens with two attached hydrogens (primary N) is 1. The van der Waals surface area contributed by atoms with Crippen LogP contribution in [0.4, 0.5) is 47.3 Å². The summed E-state index contributed by atoms with van der Waals surface area (Å²) in [5.41, 5.74) is 8.48. The molecule has 0 aliphatic carbocycles.